The predicted molar refractivity (Wildman–Crippen MR) is 131 cm³/mol. The van der Waals surface area contributed by atoms with Crippen LogP contribution in [0.4, 0.5) is 0 Å². The molecule has 0 atom stereocenters. The highest BCUT2D eigenvalue weighted by Gasteiger charge is 2.38. The monoisotopic (exact) mass is 526 g/mol. The number of ether oxygens (including phenoxy) is 1. The van der Waals surface area contributed by atoms with Crippen molar-refractivity contribution in [3.63, 3.8) is 0 Å². The molecule has 7 nitrogen and oxygen atoms in total. The van der Waals surface area contributed by atoms with Crippen LogP contribution in [0.2, 0.25) is 0 Å². The van der Waals surface area contributed by atoms with Crippen LogP contribution >= 0.6 is 24.0 Å². The first-order valence-corrected chi connectivity index (χ1v) is 10.6. The molecule has 2 aromatic rings. The maximum absolute atomic E-state index is 5.44. The van der Waals surface area contributed by atoms with Crippen molar-refractivity contribution in [3.05, 3.63) is 47.5 Å². The molecule has 0 aliphatic heterocycles. The lowest BCUT2D eigenvalue weighted by Crippen LogP contribution is -2.49. The summed E-state index contributed by atoms with van der Waals surface area (Å²) < 4.78 is 7.42. The lowest BCUT2D eigenvalue weighted by molar-refractivity contribution is 0.145. The Hall–Kier alpha value is -1.68. The topological polar surface area (TPSA) is 76.4 Å². The van der Waals surface area contributed by atoms with E-state index < -0.39 is 0 Å². The van der Waals surface area contributed by atoms with Gasteiger partial charge in [-0.3, -0.25) is 0 Å². The van der Waals surface area contributed by atoms with Gasteiger partial charge in [-0.25, -0.2) is 4.99 Å². The van der Waals surface area contributed by atoms with Gasteiger partial charge in [0, 0.05) is 38.8 Å². The molecule has 30 heavy (non-hydrogen) atoms. The van der Waals surface area contributed by atoms with Crippen LogP contribution in [0.15, 0.2) is 35.3 Å². The highest BCUT2D eigenvalue weighted by molar-refractivity contribution is 14.0. The van der Waals surface area contributed by atoms with E-state index in [4.69, 9.17) is 9.73 Å². The van der Waals surface area contributed by atoms with Crippen LogP contribution in [0.25, 0.3) is 0 Å². The summed E-state index contributed by atoms with van der Waals surface area (Å²) in [5.74, 6) is 2.58. The van der Waals surface area contributed by atoms with Crippen LogP contribution in [0, 0.1) is 6.92 Å². The van der Waals surface area contributed by atoms with Crippen LogP contribution in [0.3, 0.4) is 0 Å². The maximum atomic E-state index is 5.44. The zero-order chi connectivity index (χ0) is 20.5. The van der Waals surface area contributed by atoms with Gasteiger partial charge in [0.2, 0.25) is 0 Å². The number of nitrogens with zero attached hydrogens (tertiary/aromatic N) is 4. The molecule has 0 radical (unpaired) electrons. The minimum Gasteiger partial charge on any atom is -0.382 e. The summed E-state index contributed by atoms with van der Waals surface area (Å²) in [4.78, 5) is 4.77. The second-order valence-electron chi connectivity index (χ2n) is 7.72. The Labute approximate surface area is 197 Å². The summed E-state index contributed by atoms with van der Waals surface area (Å²) in [5, 5.41) is 15.4. The van der Waals surface area contributed by atoms with Crippen LogP contribution in [-0.4, -0.2) is 47.0 Å². The normalized spacial score (nSPS) is 15.2. The van der Waals surface area contributed by atoms with Gasteiger partial charge in [-0.15, -0.1) is 34.2 Å². The minimum atomic E-state index is 0. The summed E-state index contributed by atoms with van der Waals surface area (Å²) >= 11 is 0. The summed E-state index contributed by atoms with van der Waals surface area (Å²) in [6, 6.07) is 10.8. The second-order valence-corrected chi connectivity index (χ2v) is 7.72. The summed E-state index contributed by atoms with van der Waals surface area (Å²) in [6.45, 7) is 7.68. The van der Waals surface area contributed by atoms with Crippen molar-refractivity contribution < 1.29 is 4.74 Å². The van der Waals surface area contributed by atoms with Crippen molar-refractivity contribution in [2.75, 3.05) is 26.3 Å². The Kier molecular flexibility index (Phi) is 10.0. The van der Waals surface area contributed by atoms with Gasteiger partial charge in [-0.2, -0.15) is 0 Å². The SMILES string of the molecule is CCOCCCNC(=NCc1nnc(C)n1C)NCC1(c2ccccc2)CCC1.I. The van der Waals surface area contributed by atoms with Crippen molar-refractivity contribution >= 4 is 29.9 Å². The molecule has 0 saturated heterocycles. The van der Waals surface area contributed by atoms with Gasteiger partial charge in [-0.05, 0) is 38.7 Å². The van der Waals surface area contributed by atoms with E-state index in [1.807, 2.05) is 25.5 Å². The standard InChI is InChI=1S/C22H34N6O.HI/c1-4-29-15-9-14-23-21(24-16-20-27-26-18(2)28(20)3)25-17-22(12-8-13-22)19-10-6-5-7-11-19;/h5-7,10-11H,4,8-9,12-17H2,1-3H3,(H2,23,24,25);1H. The number of nitrogens with one attached hydrogen (secondary N) is 2. The average Bonchev–Trinajstić information content (AvgIpc) is 3.03. The van der Waals surface area contributed by atoms with Gasteiger partial charge in [0.05, 0.1) is 0 Å². The van der Waals surface area contributed by atoms with E-state index in [1.54, 1.807) is 0 Å². The number of hydrogen-bond acceptors (Lipinski definition) is 4. The third-order valence-electron chi connectivity index (χ3n) is 5.81. The molecule has 1 saturated carbocycles. The first kappa shape index (κ1) is 24.6. The van der Waals surface area contributed by atoms with Crippen molar-refractivity contribution in [3.8, 4) is 0 Å². The molecule has 166 valence electrons. The fraction of sp³-hybridized carbons (Fsp3) is 0.591. The fourth-order valence-corrected chi connectivity index (χ4v) is 3.65. The lowest BCUT2D eigenvalue weighted by atomic mass is 9.64. The molecule has 0 amide bonds. The van der Waals surface area contributed by atoms with E-state index >= 15 is 0 Å². The van der Waals surface area contributed by atoms with Gasteiger partial charge in [-0.1, -0.05) is 36.8 Å². The highest BCUT2D eigenvalue weighted by atomic mass is 127. The summed E-state index contributed by atoms with van der Waals surface area (Å²) in [5.41, 5.74) is 1.62. The van der Waals surface area contributed by atoms with E-state index in [2.05, 4.69) is 51.2 Å². The van der Waals surface area contributed by atoms with Crippen LogP contribution in [0.1, 0.15) is 49.8 Å². The number of aryl methyl sites for hydroxylation is 1. The zero-order valence-electron chi connectivity index (χ0n) is 18.4. The first-order valence-electron chi connectivity index (χ1n) is 10.6. The Bertz CT molecular complexity index is 788. The quantitative estimate of drug-likeness (QED) is 0.215. The third kappa shape index (κ3) is 6.41. The van der Waals surface area contributed by atoms with Crippen molar-refractivity contribution in [2.24, 2.45) is 12.0 Å². The number of aliphatic imine (C=N–C) groups is 1. The molecule has 1 fully saturated rings. The van der Waals surface area contributed by atoms with Gasteiger partial charge in [0.25, 0.3) is 0 Å². The van der Waals surface area contributed by atoms with Crippen molar-refractivity contribution in [1.82, 2.24) is 25.4 Å². The number of hydrogen-bond donors (Lipinski definition) is 2. The summed E-state index contributed by atoms with van der Waals surface area (Å²) in [6.07, 6.45) is 4.65. The Balaban J connectivity index is 0.00000320. The number of benzene rings is 1. The van der Waals surface area contributed by atoms with Crippen molar-refractivity contribution in [2.45, 2.75) is 51.5 Å². The van der Waals surface area contributed by atoms with Gasteiger partial charge >= 0.3 is 0 Å². The van der Waals surface area contributed by atoms with Crippen LogP contribution < -0.4 is 10.6 Å². The number of aromatic nitrogens is 3. The van der Waals surface area contributed by atoms with E-state index in [0.717, 1.165) is 50.3 Å². The maximum Gasteiger partial charge on any atom is 0.191 e. The van der Waals surface area contributed by atoms with E-state index in [0.29, 0.717) is 6.54 Å². The third-order valence-corrected chi connectivity index (χ3v) is 5.81. The Morgan fingerprint density at radius 1 is 1.20 bits per heavy atom. The molecule has 1 aromatic heterocycles. The zero-order valence-corrected chi connectivity index (χ0v) is 20.7. The Morgan fingerprint density at radius 2 is 1.97 bits per heavy atom. The highest BCUT2D eigenvalue weighted by Crippen LogP contribution is 2.43. The molecule has 2 N–H and O–H groups in total. The second kappa shape index (κ2) is 12.2. The van der Waals surface area contributed by atoms with E-state index in [-0.39, 0.29) is 29.4 Å². The largest absolute Gasteiger partial charge is 0.382 e. The molecule has 0 bridgehead atoms. The number of rotatable bonds is 10. The van der Waals surface area contributed by atoms with Gasteiger partial charge in [0.15, 0.2) is 11.8 Å². The van der Waals surface area contributed by atoms with Crippen LogP contribution in [0.5, 0.6) is 0 Å². The molecule has 1 aliphatic carbocycles. The first-order chi connectivity index (χ1) is 14.1. The fourth-order valence-electron chi connectivity index (χ4n) is 3.65. The van der Waals surface area contributed by atoms with Gasteiger partial charge < -0.3 is 19.9 Å². The molecule has 0 unspecified atom stereocenters. The molecule has 8 heteroatoms. The minimum absolute atomic E-state index is 0. The Morgan fingerprint density at radius 3 is 2.57 bits per heavy atom. The lowest BCUT2D eigenvalue weighted by Gasteiger charge is -2.43. The molecule has 1 aromatic carbocycles. The van der Waals surface area contributed by atoms with Gasteiger partial charge in [0.1, 0.15) is 12.4 Å². The molecule has 3 rings (SSSR count). The number of guanidine groups is 1. The molecular formula is C22H35IN6O. The predicted octanol–water partition coefficient (Wildman–Crippen LogP) is 3.33. The van der Waals surface area contributed by atoms with Crippen LogP contribution in [-0.2, 0) is 23.7 Å². The molecule has 0 spiro atoms. The van der Waals surface area contributed by atoms with Crippen molar-refractivity contribution in [1.29, 1.82) is 0 Å². The average molecular weight is 526 g/mol. The molecule has 1 aliphatic rings. The van der Waals surface area contributed by atoms with E-state index in [1.165, 1.54) is 24.8 Å². The van der Waals surface area contributed by atoms with E-state index in [9.17, 15) is 0 Å². The molecule has 1 heterocycles. The number of halogens is 1. The summed E-state index contributed by atoms with van der Waals surface area (Å²) in [7, 11) is 1.97. The smallest absolute Gasteiger partial charge is 0.191 e. The molecular weight excluding hydrogens is 491 g/mol.